The molecule has 0 aromatic heterocycles. The summed E-state index contributed by atoms with van der Waals surface area (Å²) < 4.78 is 1.28. The summed E-state index contributed by atoms with van der Waals surface area (Å²) in [7, 11) is 1.68. The molecule has 0 aliphatic rings. The third-order valence-corrected chi connectivity index (χ3v) is 0. The van der Waals surface area contributed by atoms with Crippen LogP contribution in [0, 0.1) is 0 Å². The van der Waals surface area contributed by atoms with Crippen LogP contribution in [0.3, 0.4) is 0 Å². The molecule has 0 aromatic rings. The summed E-state index contributed by atoms with van der Waals surface area (Å²) in [4.78, 5) is 0. The van der Waals surface area contributed by atoms with Crippen molar-refractivity contribution >= 4 is 27.9 Å². The topological polar surface area (TPSA) is 3.24 Å². The molecule has 0 unspecified atom stereocenters. The van der Waals surface area contributed by atoms with Gasteiger partial charge in [-0.2, -0.15) is 3.45 Å². The quantitative estimate of drug-likeness (QED) is 0.464. The van der Waals surface area contributed by atoms with Crippen LogP contribution in [-0.2, 0) is 0 Å². The lowest BCUT2D eigenvalue weighted by Crippen LogP contribution is -1.76. The second-order valence-electron chi connectivity index (χ2n) is 0.402. The van der Waals surface area contributed by atoms with Crippen molar-refractivity contribution < 1.29 is 0 Å². The normalized spacial score (nSPS) is 9.00. The summed E-state index contributed by atoms with van der Waals surface area (Å²) >= 11 is 7.89. The fourth-order valence-electron chi connectivity index (χ4n) is 0. The highest BCUT2D eigenvalue weighted by Crippen LogP contribution is 1.91. The van der Waals surface area contributed by atoms with Gasteiger partial charge in [-0.25, -0.2) is 0 Å². The first-order valence-electron chi connectivity index (χ1n) is 0.785. The maximum Gasteiger partial charge on any atom is 0.0286 e. The van der Waals surface area contributed by atoms with E-state index in [1.165, 1.54) is 3.45 Å². The highest BCUT2D eigenvalue weighted by Gasteiger charge is 1.66. The Morgan fingerprint density at radius 1 is 2.00 bits per heavy atom. The molecule has 0 aliphatic carbocycles. The molecule has 0 rings (SSSR count). The van der Waals surface area contributed by atoms with Crippen LogP contribution in [0.2, 0.25) is 0 Å². The van der Waals surface area contributed by atoms with Gasteiger partial charge in [0.25, 0.3) is 0 Å². The second-order valence-corrected chi connectivity index (χ2v) is 2.38. The molecule has 0 bridgehead atoms. The van der Waals surface area contributed by atoms with Crippen LogP contribution in [0.4, 0.5) is 0 Å². The first-order valence-corrected chi connectivity index (χ1v) is 1.83. The summed E-state index contributed by atoms with van der Waals surface area (Å²) in [6.45, 7) is 0. The highest BCUT2D eigenvalue weighted by molar-refractivity contribution is 9.07. The van der Waals surface area contributed by atoms with E-state index in [9.17, 15) is 0 Å². The van der Waals surface area contributed by atoms with Crippen molar-refractivity contribution in [3.05, 3.63) is 0 Å². The lowest BCUT2D eigenvalue weighted by Gasteiger charge is -1.81. The maximum atomic E-state index is 5.02. The van der Waals surface area contributed by atoms with Crippen molar-refractivity contribution in [1.29, 1.82) is 0 Å². The minimum atomic E-state index is 1.28. The van der Waals surface area contributed by atoms with Gasteiger partial charge in [0.15, 0.2) is 0 Å². The van der Waals surface area contributed by atoms with Crippen molar-refractivity contribution in [3.63, 3.8) is 0 Å². The summed E-state index contributed by atoms with van der Waals surface area (Å²) in [6.07, 6.45) is 0. The van der Waals surface area contributed by atoms with Gasteiger partial charge in [0.2, 0.25) is 0 Å². The van der Waals surface area contributed by atoms with Crippen molar-refractivity contribution in [2.75, 3.05) is 7.05 Å². The third kappa shape index (κ3) is 15.3. The van der Waals surface area contributed by atoms with E-state index in [4.69, 9.17) is 11.8 Å². The van der Waals surface area contributed by atoms with Gasteiger partial charge in [0, 0.05) is 23.2 Å². The van der Waals surface area contributed by atoms with E-state index < -0.39 is 0 Å². The predicted octanol–water partition coefficient (Wildman–Crippen LogP) is 1.38. The average molecular weight is 144 g/mol. The fourth-order valence-corrected chi connectivity index (χ4v) is 0. The van der Waals surface area contributed by atoms with Crippen LogP contribution in [0.25, 0.3) is 0 Å². The summed E-state index contributed by atoms with van der Waals surface area (Å²) in [5.74, 6) is 0. The standard InChI is InChI=1S/CH3BrClN/c1-4(2)3/h1H3. The summed E-state index contributed by atoms with van der Waals surface area (Å²) in [6, 6.07) is 0. The van der Waals surface area contributed by atoms with Gasteiger partial charge in [-0.15, -0.1) is 0 Å². The molecule has 3 heteroatoms. The van der Waals surface area contributed by atoms with Crippen LogP contribution >= 0.6 is 27.9 Å². The van der Waals surface area contributed by atoms with Crippen molar-refractivity contribution in [3.8, 4) is 0 Å². The molecule has 0 radical (unpaired) electrons. The lowest BCUT2D eigenvalue weighted by atomic mass is 11.6. The SMILES string of the molecule is CN(Cl)Br. The second kappa shape index (κ2) is 2.00. The Kier molecular flexibility index (Phi) is 2.36. The molecule has 0 aromatic carbocycles. The van der Waals surface area contributed by atoms with E-state index in [0.717, 1.165) is 0 Å². The molecule has 26 valence electrons. The fraction of sp³-hybridized carbons (Fsp3) is 1.00. The van der Waals surface area contributed by atoms with Crippen LogP contribution in [0.1, 0.15) is 0 Å². The minimum Gasteiger partial charge on any atom is -0.158 e. The monoisotopic (exact) mass is 143 g/mol. The number of nitrogens with zero attached hydrogens (tertiary/aromatic N) is 1. The molecule has 0 amide bonds. The number of rotatable bonds is 0. The Labute approximate surface area is 39.0 Å². The number of hydrogen-bond donors (Lipinski definition) is 0. The van der Waals surface area contributed by atoms with E-state index in [1.54, 1.807) is 7.05 Å². The molecule has 1 nitrogen and oxygen atoms in total. The summed E-state index contributed by atoms with van der Waals surface area (Å²) in [5.41, 5.74) is 0. The molecule has 0 saturated heterocycles. The maximum absolute atomic E-state index is 5.02. The number of halogens is 2. The zero-order chi connectivity index (χ0) is 3.58. The molecule has 0 N–H and O–H groups in total. The van der Waals surface area contributed by atoms with Gasteiger partial charge in [0.1, 0.15) is 0 Å². The molecular formula is CH3BrClN. The Bertz CT molecular complexity index is 12.8. The van der Waals surface area contributed by atoms with E-state index in [2.05, 4.69) is 16.1 Å². The molecule has 0 fully saturated rings. The first kappa shape index (κ1) is 4.73. The van der Waals surface area contributed by atoms with Gasteiger partial charge in [-0.3, -0.25) is 0 Å². The van der Waals surface area contributed by atoms with E-state index >= 15 is 0 Å². The smallest absolute Gasteiger partial charge is 0.0286 e. The van der Waals surface area contributed by atoms with Crippen LogP contribution < -0.4 is 0 Å². The Morgan fingerprint density at radius 2 is 2.00 bits per heavy atom. The van der Waals surface area contributed by atoms with Crippen molar-refractivity contribution in [2.24, 2.45) is 0 Å². The Morgan fingerprint density at radius 3 is 2.00 bits per heavy atom. The van der Waals surface area contributed by atoms with E-state index in [0.29, 0.717) is 0 Å². The largest absolute Gasteiger partial charge is 0.158 e. The molecule has 0 aliphatic heterocycles. The molecule has 0 saturated carbocycles. The Hall–Kier alpha value is 0.730. The molecule has 0 spiro atoms. The zero-order valence-corrected chi connectivity index (χ0v) is 4.55. The van der Waals surface area contributed by atoms with Crippen LogP contribution in [0.5, 0.6) is 0 Å². The van der Waals surface area contributed by atoms with Gasteiger partial charge >= 0.3 is 0 Å². The zero-order valence-electron chi connectivity index (χ0n) is 2.20. The molecule has 4 heavy (non-hydrogen) atoms. The highest BCUT2D eigenvalue weighted by atomic mass is 79.9. The first-order chi connectivity index (χ1) is 1.73. The molecular weight excluding hydrogens is 141 g/mol. The average Bonchev–Trinajstić information content (AvgIpc) is 0.811. The van der Waals surface area contributed by atoms with Gasteiger partial charge < -0.3 is 0 Å². The van der Waals surface area contributed by atoms with Crippen molar-refractivity contribution in [1.82, 2.24) is 3.45 Å². The van der Waals surface area contributed by atoms with E-state index in [-0.39, 0.29) is 0 Å². The lowest BCUT2D eigenvalue weighted by molar-refractivity contribution is 0.954. The number of hydrogen-bond acceptors (Lipinski definition) is 1. The Balaban J connectivity index is 2.32. The van der Waals surface area contributed by atoms with Crippen LogP contribution in [-0.4, -0.2) is 10.5 Å². The predicted molar refractivity (Wildman–Crippen MR) is 22.5 cm³/mol. The van der Waals surface area contributed by atoms with Gasteiger partial charge in [0.05, 0.1) is 0 Å². The molecule has 0 atom stereocenters. The van der Waals surface area contributed by atoms with Gasteiger partial charge in [-0.1, -0.05) is 0 Å². The van der Waals surface area contributed by atoms with E-state index in [1.807, 2.05) is 0 Å². The van der Waals surface area contributed by atoms with Crippen molar-refractivity contribution in [2.45, 2.75) is 0 Å². The third-order valence-electron chi connectivity index (χ3n) is 0. The minimum absolute atomic E-state index is 1.28. The van der Waals surface area contributed by atoms with Crippen LogP contribution in [0.15, 0.2) is 0 Å². The molecule has 0 heterocycles. The summed E-state index contributed by atoms with van der Waals surface area (Å²) in [5, 5.41) is 0. The van der Waals surface area contributed by atoms with Gasteiger partial charge in [-0.05, 0) is 11.8 Å².